The SMILES string of the molecule is COc1ccc(C2/C(=C(/O)c3ccc(C)cc3)C(=O)C(=O)N2c2ccccc2)cc1. The zero-order valence-electron chi connectivity index (χ0n) is 16.7. The highest BCUT2D eigenvalue weighted by atomic mass is 16.5. The van der Waals surface area contributed by atoms with Gasteiger partial charge in [-0.25, -0.2) is 0 Å². The molecule has 1 aliphatic rings. The molecule has 1 aliphatic heterocycles. The highest BCUT2D eigenvalue weighted by Crippen LogP contribution is 2.42. The Balaban J connectivity index is 1.92. The number of aliphatic hydroxyl groups is 1. The largest absolute Gasteiger partial charge is 0.507 e. The molecule has 3 aromatic carbocycles. The quantitative estimate of drug-likeness (QED) is 0.395. The van der Waals surface area contributed by atoms with Gasteiger partial charge in [-0.3, -0.25) is 14.5 Å². The van der Waals surface area contributed by atoms with Gasteiger partial charge in [0.15, 0.2) is 0 Å². The number of amides is 1. The second-order valence-electron chi connectivity index (χ2n) is 7.14. The predicted molar refractivity (Wildman–Crippen MR) is 115 cm³/mol. The molecule has 4 rings (SSSR count). The van der Waals surface area contributed by atoms with Gasteiger partial charge >= 0.3 is 0 Å². The van der Waals surface area contributed by atoms with E-state index in [0.717, 1.165) is 5.56 Å². The van der Waals surface area contributed by atoms with E-state index in [4.69, 9.17) is 4.74 Å². The number of aryl methyl sites for hydroxylation is 1. The van der Waals surface area contributed by atoms with Crippen molar-refractivity contribution in [3.63, 3.8) is 0 Å². The number of ether oxygens (including phenoxy) is 1. The number of hydrogen-bond donors (Lipinski definition) is 1. The van der Waals surface area contributed by atoms with Crippen molar-refractivity contribution in [1.29, 1.82) is 0 Å². The normalized spacial score (nSPS) is 17.9. The third-order valence-corrected chi connectivity index (χ3v) is 5.24. The first-order valence-corrected chi connectivity index (χ1v) is 9.58. The van der Waals surface area contributed by atoms with Gasteiger partial charge in [0.1, 0.15) is 11.5 Å². The van der Waals surface area contributed by atoms with Crippen LogP contribution in [0.1, 0.15) is 22.7 Å². The van der Waals surface area contributed by atoms with Crippen LogP contribution < -0.4 is 9.64 Å². The van der Waals surface area contributed by atoms with Gasteiger partial charge in [0.05, 0.1) is 18.7 Å². The van der Waals surface area contributed by atoms with Crippen LogP contribution in [0.2, 0.25) is 0 Å². The molecule has 0 saturated carbocycles. The number of para-hydroxylation sites is 1. The van der Waals surface area contributed by atoms with Crippen LogP contribution in [0.3, 0.4) is 0 Å². The molecule has 1 amide bonds. The van der Waals surface area contributed by atoms with Crippen molar-refractivity contribution in [2.75, 3.05) is 12.0 Å². The van der Waals surface area contributed by atoms with Crippen LogP contribution >= 0.6 is 0 Å². The number of Topliss-reactive ketones (excluding diaryl/α,β-unsaturated/α-hetero) is 1. The molecule has 1 atom stereocenters. The van der Waals surface area contributed by atoms with Crippen LogP contribution in [-0.4, -0.2) is 23.9 Å². The molecule has 1 heterocycles. The van der Waals surface area contributed by atoms with Gasteiger partial charge in [-0.15, -0.1) is 0 Å². The second kappa shape index (κ2) is 7.87. The van der Waals surface area contributed by atoms with Gasteiger partial charge in [0, 0.05) is 11.3 Å². The molecule has 1 unspecified atom stereocenters. The van der Waals surface area contributed by atoms with Crippen molar-refractivity contribution in [2.24, 2.45) is 0 Å². The summed E-state index contributed by atoms with van der Waals surface area (Å²) in [6.07, 6.45) is 0. The molecule has 0 bridgehead atoms. The molecule has 30 heavy (non-hydrogen) atoms. The van der Waals surface area contributed by atoms with E-state index < -0.39 is 17.7 Å². The van der Waals surface area contributed by atoms with Gasteiger partial charge in [-0.2, -0.15) is 0 Å². The van der Waals surface area contributed by atoms with E-state index in [1.807, 2.05) is 25.1 Å². The average Bonchev–Trinajstić information content (AvgIpc) is 3.05. The summed E-state index contributed by atoms with van der Waals surface area (Å²) in [5, 5.41) is 11.1. The highest BCUT2D eigenvalue weighted by Gasteiger charge is 2.46. The fourth-order valence-corrected chi connectivity index (χ4v) is 3.66. The number of carbonyl (C=O) groups is 2. The number of ketones is 1. The summed E-state index contributed by atoms with van der Waals surface area (Å²) in [6.45, 7) is 1.94. The number of benzene rings is 3. The third kappa shape index (κ3) is 3.35. The van der Waals surface area contributed by atoms with E-state index in [2.05, 4.69) is 0 Å². The van der Waals surface area contributed by atoms with Crippen molar-refractivity contribution >= 4 is 23.1 Å². The number of carbonyl (C=O) groups excluding carboxylic acids is 2. The number of rotatable bonds is 4. The lowest BCUT2D eigenvalue weighted by Gasteiger charge is -2.25. The Kier molecular flexibility index (Phi) is 5.11. The van der Waals surface area contributed by atoms with Crippen molar-refractivity contribution in [3.05, 3.63) is 101 Å². The van der Waals surface area contributed by atoms with Gasteiger partial charge in [0.25, 0.3) is 11.7 Å². The Morgan fingerprint density at radius 2 is 1.53 bits per heavy atom. The van der Waals surface area contributed by atoms with Crippen LogP contribution in [0.15, 0.2) is 84.4 Å². The third-order valence-electron chi connectivity index (χ3n) is 5.24. The van der Waals surface area contributed by atoms with E-state index in [0.29, 0.717) is 22.6 Å². The second-order valence-corrected chi connectivity index (χ2v) is 7.14. The zero-order chi connectivity index (χ0) is 21.3. The molecule has 3 aromatic rings. The molecule has 1 fully saturated rings. The molecular formula is C25H21NO4. The minimum Gasteiger partial charge on any atom is -0.507 e. The fourth-order valence-electron chi connectivity index (χ4n) is 3.66. The number of anilines is 1. The molecule has 0 aliphatic carbocycles. The van der Waals surface area contributed by atoms with Crippen molar-refractivity contribution in [1.82, 2.24) is 0 Å². The van der Waals surface area contributed by atoms with E-state index >= 15 is 0 Å². The van der Waals surface area contributed by atoms with Crippen LogP contribution in [-0.2, 0) is 9.59 Å². The number of hydrogen-bond acceptors (Lipinski definition) is 4. The molecular weight excluding hydrogens is 378 g/mol. The average molecular weight is 399 g/mol. The summed E-state index contributed by atoms with van der Waals surface area (Å²) in [6, 6.07) is 22.6. The number of nitrogens with zero attached hydrogens (tertiary/aromatic N) is 1. The van der Waals surface area contributed by atoms with E-state index in [9.17, 15) is 14.7 Å². The monoisotopic (exact) mass is 399 g/mol. The van der Waals surface area contributed by atoms with Crippen LogP contribution in [0.25, 0.3) is 5.76 Å². The molecule has 0 spiro atoms. The molecule has 0 aromatic heterocycles. The maximum Gasteiger partial charge on any atom is 0.300 e. The van der Waals surface area contributed by atoms with Gasteiger partial charge in [0.2, 0.25) is 0 Å². The summed E-state index contributed by atoms with van der Waals surface area (Å²) in [5.41, 5.74) is 2.88. The van der Waals surface area contributed by atoms with Gasteiger partial charge in [-0.05, 0) is 36.8 Å². The molecule has 5 nitrogen and oxygen atoms in total. The smallest absolute Gasteiger partial charge is 0.300 e. The number of aliphatic hydroxyl groups excluding tert-OH is 1. The van der Waals surface area contributed by atoms with E-state index in [1.165, 1.54) is 4.90 Å². The first-order chi connectivity index (χ1) is 14.5. The summed E-state index contributed by atoms with van der Waals surface area (Å²) >= 11 is 0. The predicted octanol–water partition coefficient (Wildman–Crippen LogP) is 4.63. The van der Waals surface area contributed by atoms with E-state index in [-0.39, 0.29) is 11.3 Å². The Bertz CT molecular complexity index is 1120. The molecule has 150 valence electrons. The summed E-state index contributed by atoms with van der Waals surface area (Å²) < 4.78 is 5.23. The van der Waals surface area contributed by atoms with Gasteiger partial charge in [-0.1, -0.05) is 60.2 Å². The maximum atomic E-state index is 13.0. The van der Waals surface area contributed by atoms with Crippen LogP contribution in [0.4, 0.5) is 5.69 Å². The van der Waals surface area contributed by atoms with Crippen molar-refractivity contribution in [3.8, 4) is 5.75 Å². The molecule has 1 saturated heterocycles. The summed E-state index contributed by atoms with van der Waals surface area (Å²) in [5.74, 6) is -0.907. The molecule has 5 heteroatoms. The van der Waals surface area contributed by atoms with Crippen LogP contribution in [0, 0.1) is 6.92 Å². The lowest BCUT2D eigenvalue weighted by Crippen LogP contribution is -2.29. The Hall–Kier alpha value is -3.86. The van der Waals surface area contributed by atoms with Crippen molar-refractivity contribution in [2.45, 2.75) is 13.0 Å². The Labute approximate surface area is 174 Å². The zero-order valence-corrected chi connectivity index (χ0v) is 16.7. The lowest BCUT2D eigenvalue weighted by molar-refractivity contribution is -0.132. The first kappa shape index (κ1) is 19.5. The maximum absolute atomic E-state index is 13.0. The standard InChI is InChI=1S/C25H21NO4/c1-16-8-10-18(11-9-16)23(27)21-22(17-12-14-20(30-2)15-13-17)26(25(29)24(21)28)19-6-4-3-5-7-19/h3-15,22,27H,1-2H3/b23-21-. The minimum atomic E-state index is -0.750. The minimum absolute atomic E-state index is 0.0675. The fraction of sp³-hybridized carbons (Fsp3) is 0.120. The summed E-state index contributed by atoms with van der Waals surface area (Å²) in [7, 11) is 1.57. The topological polar surface area (TPSA) is 66.8 Å². The highest BCUT2D eigenvalue weighted by molar-refractivity contribution is 6.51. The molecule has 1 N–H and O–H groups in total. The molecule has 0 radical (unpaired) electrons. The van der Waals surface area contributed by atoms with E-state index in [1.54, 1.807) is 67.8 Å². The van der Waals surface area contributed by atoms with Crippen molar-refractivity contribution < 1.29 is 19.4 Å². The summed E-state index contributed by atoms with van der Waals surface area (Å²) in [4.78, 5) is 27.5. The van der Waals surface area contributed by atoms with Crippen LogP contribution in [0.5, 0.6) is 5.75 Å². The Morgan fingerprint density at radius 3 is 2.13 bits per heavy atom. The Morgan fingerprint density at radius 1 is 0.900 bits per heavy atom. The van der Waals surface area contributed by atoms with Gasteiger partial charge < -0.3 is 9.84 Å². The first-order valence-electron chi connectivity index (χ1n) is 9.58. The lowest BCUT2D eigenvalue weighted by atomic mass is 9.95. The number of methoxy groups -OCH3 is 1.